The molecule has 0 unspecified atom stereocenters. The number of halogens is 1. The van der Waals surface area contributed by atoms with Gasteiger partial charge in [-0.2, -0.15) is 0 Å². The molecule has 1 aliphatic rings. The Balaban J connectivity index is 0.00000180. The highest BCUT2D eigenvalue weighted by atomic mass is 35.5. The van der Waals surface area contributed by atoms with E-state index in [0.717, 1.165) is 18.9 Å². The summed E-state index contributed by atoms with van der Waals surface area (Å²) in [6, 6.07) is 3.41. The van der Waals surface area contributed by atoms with Crippen LogP contribution in [-0.2, 0) is 4.79 Å². The highest BCUT2D eigenvalue weighted by molar-refractivity contribution is 6.58. The first-order valence-corrected chi connectivity index (χ1v) is 5.90. The van der Waals surface area contributed by atoms with Crippen LogP contribution in [0, 0.1) is 0 Å². The number of pyridine rings is 1. The molecule has 8 heteroatoms. The molecule has 0 aliphatic carbocycles. The van der Waals surface area contributed by atoms with E-state index in [1.54, 1.807) is 19.1 Å². The molecule has 2 rings (SSSR count). The van der Waals surface area contributed by atoms with E-state index >= 15 is 0 Å². The normalized spacial score (nSPS) is 14.9. The van der Waals surface area contributed by atoms with Gasteiger partial charge >= 0.3 is 7.12 Å². The van der Waals surface area contributed by atoms with Crippen molar-refractivity contribution in [1.82, 2.24) is 9.88 Å². The van der Waals surface area contributed by atoms with Gasteiger partial charge in [0.25, 0.3) is 0 Å². The van der Waals surface area contributed by atoms with Gasteiger partial charge in [-0.05, 0) is 6.07 Å². The number of carbonyl (C=O) groups excluding carboxylic acids is 1. The molecule has 1 aromatic heterocycles. The Labute approximate surface area is 118 Å². The number of carbonyl (C=O) groups is 1. The molecular weight excluding hydrogens is 268 g/mol. The van der Waals surface area contributed by atoms with Gasteiger partial charge in [0.1, 0.15) is 5.82 Å². The van der Waals surface area contributed by atoms with Crippen LogP contribution in [0.1, 0.15) is 6.92 Å². The van der Waals surface area contributed by atoms with Crippen LogP contribution in [0.5, 0.6) is 0 Å². The van der Waals surface area contributed by atoms with Gasteiger partial charge in [-0.3, -0.25) is 4.79 Å². The van der Waals surface area contributed by atoms with E-state index in [9.17, 15) is 4.79 Å². The lowest BCUT2D eigenvalue weighted by molar-refractivity contribution is -0.129. The minimum atomic E-state index is -1.49. The number of hydrogen-bond acceptors (Lipinski definition) is 5. The van der Waals surface area contributed by atoms with E-state index in [1.807, 2.05) is 4.90 Å². The van der Waals surface area contributed by atoms with Crippen molar-refractivity contribution in [3.8, 4) is 0 Å². The minimum absolute atomic E-state index is 0. The second-order valence-corrected chi connectivity index (χ2v) is 4.32. The highest BCUT2D eigenvalue weighted by Crippen LogP contribution is 2.12. The van der Waals surface area contributed by atoms with Crippen LogP contribution < -0.4 is 10.4 Å². The molecule has 0 atom stereocenters. The summed E-state index contributed by atoms with van der Waals surface area (Å²) in [6.45, 7) is 4.45. The van der Waals surface area contributed by atoms with Gasteiger partial charge in [-0.1, -0.05) is 6.07 Å². The lowest BCUT2D eigenvalue weighted by atomic mass is 9.82. The zero-order chi connectivity index (χ0) is 13.1. The number of anilines is 1. The highest BCUT2D eigenvalue weighted by Gasteiger charge is 2.20. The van der Waals surface area contributed by atoms with Gasteiger partial charge in [0, 0.05) is 44.8 Å². The monoisotopic (exact) mass is 285 g/mol. The van der Waals surface area contributed by atoms with Gasteiger partial charge in [0.15, 0.2) is 0 Å². The SMILES string of the molecule is CC(=O)N1CCN(c2ccc(B(O)O)cn2)CC1.Cl. The number of aromatic nitrogens is 1. The molecule has 0 aromatic carbocycles. The Bertz CT molecular complexity index is 422. The summed E-state index contributed by atoms with van der Waals surface area (Å²) in [5, 5.41) is 18.0. The van der Waals surface area contributed by atoms with Crippen molar-refractivity contribution in [2.24, 2.45) is 0 Å². The van der Waals surface area contributed by atoms with Crippen molar-refractivity contribution in [2.45, 2.75) is 6.92 Å². The van der Waals surface area contributed by atoms with Crippen LogP contribution in [0.4, 0.5) is 5.82 Å². The third-order valence-corrected chi connectivity index (χ3v) is 3.12. The van der Waals surface area contributed by atoms with Gasteiger partial charge in [0.2, 0.25) is 5.91 Å². The summed E-state index contributed by atoms with van der Waals surface area (Å²) in [5.41, 5.74) is 0.376. The lowest BCUT2D eigenvalue weighted by Gasteiger charge is -2.34. The second-order valence-electron chi connectivity index (χ2n) is 4.32. The van der Waals surface area contributed by atoms with E-state index in [0.29, 0.717) is 18.6 Å². The molecule has 0 bridgehead atoms. The summed E-state index contributed by atoms with van der Waals surface area (Å²) in [7, 11) is -1.49. The number of piperazine rings is 1. The van der Waals surface area contributed by atoms with Crippen molar-refractivity contribution < 1.29 is 14.8 Å². The van der Waals surface area contributed by atoms with Gasteiger partial charge < -0.3 is 19.8 Å². The van der Waals surface area contributed by atoms with Crippen molar-refractivity contribution >= 4 is 36.7 Å². The molecule has 1 saturated heterocycles. The maximum Gasteiger partial charge on any atom is 0.490 e. The molecule has 19 heavy (non-hydrogen) atoms. The molecule has 104 valence electrons. The summed E-state index contributed by atoms with van der Waals surface area (Å²) in [4.78, 5) is 19.3. The van der Waals surface area contributed by atoms with E-state index in [4.69, 9.17) is 10.0 Å². The van der Waals surface area contributed by atoms with E-state index in [2.05, 4.69) is 9.88 Å². The fourth-order valence-electron chi connectivity index (χ4n) is 1.99. The van der Waals surface area contributed by atoms with Crippen molar-refractivity contribution in [3.05, 3.63) is 18.3 Å². The van der Waals surface area contributed by atoms with Gasteiger partial charge in [-0.25, -0.2) is 4.98 Å². The Morgan fingerprint density at radius 3 is 2.32 bits per heavy atom. The van der Waals surface area contributed by atoms with E-state index in [1.165, 1.54) is 6.20 Å². The first-order valence-electron chi connectivity index (χ1n) is 5.90. The van der Waals surface area contributed by atoms with Crippen LogP contribution in [-0.4, -0.2) is 59.1 Å². The van der Waals surface area contributed by atoms with Crippen LogP contribution >= 0.6 is 12.4 Å². The summed E-state index contributed by atoms with van der Waals surface area (Å²) >= 11 is 0. The third-order valence-electron chi connectivity index (χ3n) is 3.12. The predicted molar refractivity (Wildman–Crippen MR) is 75.8 cm³/mol. The second kappa shape index (κ2) is 6.74. The maximum absolute atomic E-state index is 11.2. The molecule has 0 spiro atoms. The fourth-order valence-corrected chi connectivity index (χ4v) is 1.99. The molecule has 6 nitrogen and oxygen atoms in total. The first kappa shape index (κ1) is 15.8. The first-order chi connectivity index (χ1) is 8.58. The van der Waals surface area contributed by atoms with Crippen molar-refractivity contribution in [3.63, 3.8) is 0 Å². The quantitative estimate of drug-likeness (QED) is 0.671. The third kappa shape index (κ3) is 3.83. The topological polar surface area (TPSA) is 76.9 Å². The predicted octanol–water partition coefficient (Wildman–Crippen LogP) is -1.15. The number of hydrogen-bond donors (Lipinski definition) is 2. The van der Waals surface area contributed by atoms with Crippen molar-refractivity contribution in [2.75, 3.05) is 31.1 Å². The number of amides is 1. The molecule has 2 heterocycles. The zero-order valence-corrected chi connectivity index (χ0v) is 11.5. The maximum atomic E-state index is 11.2. The van der Waals surface area contributed by atoms with Crippen LogP contribution in [0.25, 0.3) is 0 Å². The number of nitrogens with zero attached hydrogens (tertiary/aromatic N) is 3. The molecule has 1 fully saturated rings. The van der Waals surface area contributed by atoms with Crippen LogP contribution in [0.2, 0.25) is 0 Å². The average molecular weight is 286 g/mol. The molecule has 0 radical (unpaired) electrons. The van der Waals surface area contributed by atoms with Crippen LogP contribution in [0.3, 0.4) is 0 Å². The fraction of sp³-hybridized carbons (Fsp3) is 0.455. The summed E-state index contributed by atoms with van der Waals surface area (Å²) in [6.07, 6.45) is 1.46. The lowest BCUT2D eigenvalue weighted by Crippen LogP contribution is -2.48. The Hall–Kier alpha value is -1.31. The smallest absolute Gasteiger partial charge is 0.423 e. The average Bonchev–Trinajstić information content (AvgIpc) is 2.39. The molecule has 1 amide bonds. The molecule has 1 aliphatic heterocycles. The molecule has 1 aromatic rings. The summed E-state index contributed by atoms with van der Waals surface area (Å²) in [5.74, 6) is 0.893. The largest absolute Gasteiger partial charge is 0.490 e. The minimum Gasteiger partial charge on any atom is -0.423 e. The Morgan fingerprint density at radius 2 is 1.89 bits per heavy atom. The Kier molecular flexibility index (Phi) is 5.59. The zero-order valence-electron chi connectivity index (χ0n) is 10.7. The van der Waals surface area contributed by atoms with Crippen LogP contribution in [0.15, 0.2) is 18.3 Å². The van der Waals surface area contributed by atoms with E-state index < -0.39 is 7.12 Å². The summed E-state index contributed by atoms with van der Waals surface area (Å²) < 4.78 is 0. The molecule has 2 N–H and O–H groups in total. The molecule has 0 saturated carbocycles. The Morgan fingerprint density at radius 1 is 1.26 bits per heavy atom. The number of rotatable bonds is 2. The van der Waals surface area contributed by atoms with E-state index in [-0.39, 0.29) is 18.3 Å². The molecular formula is C11H17BClN3O3. The van der Waals surface area contributed by atoms with Crippen molar-refractivity contribution in [1.29, 1.82) is 0 Å². The van der Waals surface area contributed by atoms with Gasteiger partial charge in [-0.15, -0.1) is 12.4 Å². The van der Waals surface area contributed by atoms with Gasteiger partial charge in [0.05, 0.1) is 0 Å². The standard InChI is InChI=1S/C11H16BN3O3.ClH/c1-9(16)14-4-6-15(7-5-14)11-3-2-10(8-13-11)12(17)18;/h2-3,8,17-18H,4-7H2,1H3;1H.